The van der Waals surface area contributed by atoms with Gasteiger partial charge in [0.05, 0.1) is 5.69 Å². The second-order valence-corrected chi connectivity index (χ2v) is 3.73. The van der Waals surface area contributed by atoms with Crippen LogP contribution in [0.15, 0.2) is 36.8 Å². The topological polar surface area (TPSA) is 42.7 Å². The van der Waals surface area contributed by atoms with Gasteiger partial charge in [-0.05, 0) is 30.7 Å². The minimum Gasteiger partial charge on any atom is -0.311 e. The van der Waals surface area contributed by atoms with Crippen molar-refractivity contribution >= 4 is 0 Å². The van der Waals surface area contributed by atoms with Gasteiger partial charge in [0.2, 0.25) is 0 Å². The lowest BCUT2D eigenvalue weighted by Crippen LogP contribution is -2.18. The van der Waals surface area contributed by atoms with Crippen LogP contribution in [0.4, 0.5) is 0 Å². The van der Waals surface area contributed by atoms with Crippen LogP contribution in [0.25, 0.3) is 0 Å². The number of rotatable bonds is 5. The fourth-order valence-corrected chi connectivity index (χ4v) is 1.57. The Hall–Kier alpha value is -1.68. The molecule has 0 saturated carbocycles. The maximum absolute atomic E-state index is 4.12. The molecule has 0 fully saturated rings. The zero-order chi connectivity index (χ0) is 11.2. The Morgan fingerprint density at radius 1 is 1.31 bits per heavy atom. The van der Waals surface area contributed by atoms with Gasteiger partial charge >= 0.3 is 0 Å². The maximum atomic E-state index is 4.12. The van der Waals surface area contributed by atoms with Gasteiger partial charge in [-0.1, -0.05) is 6.07 Å². The van der Waals surface area contributed by atoms with Crippen molar-refractivity contribution < 1.29 is 0 Å². The van der Waals surface area contributed by atoms with Gasteiger partial charge in [-0.3, -0.25) is 9.67 Å². The Balaban J connectivity index is 1.72. The first-order valence-corrected chi connectivity index (χ1v) is 5.43. The summed E-state index contributed by atoms with van der Waals surface area (Å²) in [7, 11) is 1.96. The third kappa shape index (κ3) is 2.90. The lowest BCUT2D eigenvalue weighted by Gasteiger charge is -2.04. The summed E-state index contributed by atoms with van der Waals surface area (Å²) >= 11 is 0. The zero-order valence-corrected chi connectivity index (χ0v) is 9.43. The number of aromatic nitrogens is 3. The lowest BCUT2D eigenvalue weighted by atomic mass is 10.2. The van der Waals surface area contributed by atoms with E-state index in [0.29, 0.717) is 0 Å². The third-order valence-corrected chi connectivity index (χ3v) is 2.54. The van der Waals surface area contributed by atoms with Crippen LogP contribution in [0.1, 0.15) is 11.3 Å². The van der Waals surface area contributed by atoms with E-state index < -0.39 is 0 Å². The van der Waals surface area contributed by atoms with Crippen LogP contribution in [0, 0.1) is 0 Å². The number of hydrogen-bond donors (Lipinski definition) is 1. The van der Waals surface area contributed by atoms with Gasteiger partial charge in [-0.2, -0.15) is 5.10 Å². The normalized spacial score (nSPS) is 10.6. The molecule has 0 spiro atoms. The van der Waals surface area contributed by atoms with Crippen LogP contribution in [0.5, 0.6) is 0 Å². The number of hydrogen-bond acceptors (Lipinski definition) is 3. The van der Waals surface area contributed by atoms with E-state index in [1.165, 1.54) is 11.3 Å². The monoisotopic (exact) mass is 216 g/mol. The summed E-state index contributed by atoms with van der Waals surface area (Å²) in [6.45, 7) is 1.81. The summed E-state index contributed by atoms with van der Waals surface area (Å²) in [6.07, 6.45) is 6.53. The molecule has 0 bridgehead atoms. The first kappa shape index (κ1) is 10.8. The second kappa shape index (κ2) is 5.42. The largest absolute Gasteiger partial charge is 0.311 e. The highest BCUT2D eigenvalue weighted by molar-refractivity contribution is 5.08. The van der Waals surface area contributed by atoms with Crippen molar-refractivity contribution in [1.82, 2.24) is 20.1 Å². The fourth-order valence-electron chi connectivity index (χ4n) is 1.57. The lowest BCUT2D eigenvalue weighted by molar-refractivity contribution is 0.625. The molecule has 0 atom stereocenters. The van der Waals surface area contributed by atoms with Gasteiger partial charge in [0.1, 0.15) is 0 Å². The van der Waals surface area contributed by atoms with E-state index >= 15 is 0 Å². The number of nitrogens with zero attached hydrogens (tertiary/aromatic N) is 3. The van der Waals surface area contributed by atoms with Crippen LogP contribution < -0.4 is 5.32 Å². The highest BCUT2D eigenvalue weighted by Gasteiger charge is 1.97. The highest BCUT2D eigenvalue weighted by Crippen LogP contribution is 1.97. The molecule has 0 aromatic carbocycles. The van der Waals surface area contributed by atoms with Crippen molar-refractivity contribution in [3.8, 4) is 0 Å². The predicted octanol–water partition coefficient (Wildman–Crippen LogP) is 1.15. The van der Waals surface area contributed by atoms with E-state index in [1.54, 1.807) is 6.20 Å². The Morgan fingerprint density at radius 2 is 2.25 bits per heavy atom. The van der Waals surface area contributed by atoms with Crippen LogP contribution >= 0.6 is 0 Å². The molecule has 2 aromatic heterocycles. The summed E-state index contributed by atoms with van der Waals surface area (Å²) in [5, 5.41) is 7.51. The van der Waals surface area contributed by atoms with Crippen molar-refractivity contribution in [1.29, 1.82) is 0 Å². The standard InChI is InChI=1S/C12H16N4/c1-16-12(5-8-15-16)10-14-7-4-11-3-2-6-13-9-11/h2-3,5-6,8-9,14H,4,7,10H2,1H3. The molecule has 0 aliphatic carbocycles. The molecule has 0 saturated heterocycles. The Bertz CT molecular complexity index is 422. The van der Waals surface area contributed by atoms with Gasteiger partial charge in [0.25, 0.3) is 0 Å². The Morgan fingerprint density at radius 3 is 2.94 bits per heavy atom. The van der Waals surface area contributed by atoms with Gasteiger partial charge in [-0.15, -0.1) is 0 Å². The summed E-state index contributed by atoms with van der Waals surface area (Å²) < 4.78 is 1.89. The molecule has 0 amide bonds. The average Bonchev–Trinajstić information content (AvgIpc) is 2.72. The summed E-state index contributed by atoms with van der Waals surface area (Å²) in [5.41, 5.74) is 2.46. The van der Waals surface area contributed by atoms with Crippen molar-refractivity contribution in [3.05, 3.63) is 48.0 Å². The minimum absolute atomic E-state index is 0.858. The van der Waals surface area contributed by atoms with Crippen LogP contribution in [-0.4, -0.2) is 21.3 Å². The Kier molecular flexibility index (Phi) is 3.66. The van der Waals surface area contributed by atoms with Gasteiger partial charge < -0.3 is 5.32 Å². The number of nitrogens with one attached hydrogen (secondary N) is 1. The smallest absolute Gasteiger partial charge is 0.0518 e. The summed E-state index contributed by atoms with van der Waals surface area (Å²) in [5.74, 6) is 0. The van der Waals surface area contributed by atoms with Crippen LogP contribution in [-0.2, 0) is 20.0 Å². The molecule has 2 rings (SSSR count). The molecule has 0 aliphatic heterocycles. The Labute approximate surface area is 95.3 Å². The summed E-state index contributed by atoms with van der Waals surface area (Å²) in [4.78, 5) is 4.09. The van der Waals surface area contributed by atoms with E-state index in [9.17, 15) is 0 Å². The quantitative estimate of drug-likeness (QED) is 0.762. The molecule has 84 valence electrons. The van der Waals surface area contributed by atoms with Gasteiger partial charge in [-0.25, -0.2) is 0 Å². The minimum atomic E-state index is 0.858. The van der Waals surface area contributed by atoms with Crippen LogP contribution in [0.3, 0.4) is 0 Å². The molecule has 16 heavy (non-hydrogen) atoms. The molecule has 0 unspecified atom stereocenters. The molecule has 0 aliphatic rings. The molecule has 0 radical (unpaired) electrons. The molecule has 1 N–H and O–H groups in total. The van der Waals surface area contributed by atoms with E-state index in [-0.39, 0.29) is 0 Å². The number of aryl methyl sites for hydroxylation is 1. The van der Waals surface area contributed by atoms with Crippen molar-refractivity contribution in [2.75, 3.05) is 6.54 Å². The molecule has 4 nitrogen and oxygen atoms in total. The van der Waals surface area contributed by atoms with E-state index in [0.717, 1.165) is 19.5 Å². The molecule has 2 heterocycles. The van der Waals surface area contributed by atoms with E-state index in [4.69, 9.17) is 0 Å². The van der Waals surface area contributed by atoms with E-state index in [1.807, 2.05) is 36.3 Å². The zero-order valence-electron chi connectivity index (χ0n) is 9.43. The average molecular weight is 216 g/mol. The fraction of sp³-hybridized carbons (Fsp3) is 0.333. The van der Waals surface area contributed by atoms with Crippen LogP contribution in [0.2, 0.25) is 0 Å². The molecule has 2 aromatic rings. The molecular formula is C12H16N4. The first-order chi connectivity index (χ1) is 7.86. The second-order valence-electron chi connectivity index (χ2n) is 3.73. The highest BCUT2D eigenvalue weighted by atomic mass is 15.3. The van der Waals surface area contributed by atoms with Crippen molar-refractivity contribution in [2.45, 2.75) is 13.0 Å². The van der Waals surface area contributed by atoms with Crippen molar-refractivity contribution in [3.63, 3.8) is 0 Å². The maximum Gasteiger partial charge on any atom is 0.0518 e. The first-order valence-electron chi connectivity index (χ1n) is 5.43. The SMILES string of the molecule is Cn1nccc1CNCCc1cccnc1. The molecule has 4 heteroatoms. The molecular weight excluding hydrogens is 200 g/mol. The predicted molar refractivity (Wildman–Crippen MR) is 62.9 cm³/mol. The third-order valence-electron chi connectivity index (χ3n) is 2.54. The summed E-state index contributed by atoms with van der Waals surface area (Å²) in [6, 6.07) is 6.09. The van der Waals surface area contributed by atoms with Crippen molar-refractivity contribution in [2.24, 2.45) is 7.05 Å². The number of pyridine rings is 1. The van der Waals surface area contributed by atoms with E-state index in [2.05, 4.69) is 21.5 Å². The van der Waals surface area contributed by atoms with Gasteiger partial charge in [0.15, 0.2) is 0 Å². The van der Waals surface area contributed by atoms with Gasteiger partial charge in [0, 0.05) is 32.2 Å².